The first-order chi connectivity index (χ1) is 10.1. The van der Waals surface area contributed by atoms with E-state index in [1.165, 1.54) is 0 Å². The molecule has 0 heterocycles. The van der Waals surface area contributed by atoms with E-state index in [9.17, 15) is 9.59 Å². The number of hydrogen-bond donors (Lipinski definition) is 2. The van der Waals surface area contributed by atoms with Crippen molar-refractivity contribution < 1.29 is 9.59 Å². The van der Waals surface area contributed by atoms with E-state index in [-0.39, 0.29) is 18.4 Å². The van der Waals surface area contributed by atoms with Gasteiger partial charge in [-0.3, -0.25) is 9.59 Å². The van der Waals surface area contributed by atoms with Crippen molar-refractivity contribution in [2.45, 2.75) is 6.92 Å². The molecule has 2 N–H and O–H groups in total. The van der Waals surface area contributed by atoms with Gasteiger partial charge in [0.2, 0.25) is 5.91 Å². The Morgan fingerprint density at radius 1 is 1.05 bits per heavy atom. The molecule has 2 rings (SSSR count). The maximum absolute atomic E-state index is 11.9. The Bertz CT molecular complexity index is 654. The highest BCUT2D eigenvalue weighted by molar-refractivity contribution is 9.10. The van der Waals surface area contributed by atoms with E-state index in [0.717, 1.165) is 15.7 Å². The van der Waals surface area contributed by atoms with Crippen molar-refractivity contribution in [3.05, 3.63) is 64.1 Å². The fourth-order valence-electron chi connectivity index (χ4n) is 1.77. The predicted octanol–water partition coefficient (Wildman–Crippen LogP) is 3.13. The molecule has 4 nitrogen and oxygen atoms in total. The lowest BCUT2D eigenvalue weighted by molar-refractivity contribution is -0.115. The zero-order chi connectivity index (χ0) is 15.2. The Morgan fingerprint density at radius 3 is 2.38 bits per heavy atom. The van der Waals surface area contributed by atoms with E-state index >= 15 is 0 Å². The van der Waals surface area contributed by atoms with Crippen LogP contribution in [0.1, 0.15) is 15.9 Å². The van der Waals surface area contributed by atoms with Crippen LogP contribution in [0.25, 0.3) is 0 Å². The summed E-state index contributed by atoms with van der Waals surface area (Å²) in [5.74, 6) is -0.530. The van der Waals surface area contributed by atoms with Crippen LogP contribution in [0.4, 0.5) is 5.69 Å². The van der Waals surface area contributed by atoms with Crippen molar-refractivity contribution in [1.82, 2.24) is 5.32 Å². The number of amides is 2. The molecule has 21 heavy (non-hydrogen) atoms. The average Bonchev–Trinajstić information content (AvgIpc) is 2.48. The number of rotatable bonds is 4. The van der Waals surface area contributed by atoms with E-state index in [4.69, 9.17) is 0 Å². The Kier molecular flexibility index (Phi) is 5.11. The summed E-state index contributed by atoms with van der Waals surface area (Å²) in [5.41, 5.74) is 2.24. The molecule has 0 atom stereocenters. The second-order valence-corrected chi connectivity index (χ2v) is 5.47. The summed E-state index contributed by atoms with van der Waals surface area (Å²) in [5, 5.41) is 5.36. The van der Waals surface area contributed by atoms with Crippen LogP contribution >= 0.6 is 15.9 Å². The van der Waals surface area contributed by atoms with E-state index in [0.29, 0.717) is 5.56 Å². The largest absolute Gasteiger partial charge is 0.343 e. The van der Waals surface area contributed by atoms with Crippen LogP contribution in [0, 0.1) is 6.92 Å². The van der Waals surface area contributed by atoms with Gasteiger partial charge in [0.15, 0.2) is 0 Å². The molecule has 0 saturated carbocycles. The van der Waals surface area contributed by atoms with E-state index in [1.807, 2.05) is 31.2 Å². The molecular formula is C16H15BrN2O2. The van der Waals surface area contributed by atoms with Gasteiger partial charge >= 0.3 is 0 Å². The molecule has 0 bridgehead atoms. The van der Waals surface area contributed by atoms with Crippen molar-refractivity contribution in [3.8, 4) is 0 Å². The Balaban J connectivity index is 1.88. The summed E-state index contributed by atoms with van der Waals surface area (Å²) < 4.78 is 0.899. The SMILES string of the molecule is Cc1ccccc1NC(=O)CNC(=O)c1ccc(Br)cc1. The van der Waals surface area contributed by atoms with E-state index in [2.05, 4.69) is 26.6 Å². The van der Waals surface area contributed by atoms with Gasteiger partial charge in [0, 0.05) is 15.7 Å². The number of aryl methyl sites for hydroxylation is 1. The summed E-state index contributed by atoms with van der Waals surface area (Å²) in [7, 11) is 0. The molecule has 0 saturated heterocycles. The van der Waals surface area contributed by atoms with Crippen LogP contribution in [-0.2, 0) is 4.79 Å². The summed E-state index contributed by atoms with van der Waals surface area (Å²) in [4.78, 5) is 23.7. The third-order valence-electron chi connectivity index (χ3n) is 2.94. The molecule has 0 fully saturated rings. The maximum atomic E-state index is 11.9. The molecule has 0 aliphatic rings. The fraction of sp³-hybridized carbons (Fsp3) is 0.125. The average molecular weight is 347 g/mol. The van der Waals surface area contributed by atoms with Gasteiger partial charge < -0.3 is 10.6 Å². The topological polar surface area (TPSA) is 58.2 Å². The maximum Gasteiger partial charge on any atom is 0.251 e. The minimum atomic E-state index is -0.276. The van der Waals surface area contributed by atoms with E-state index in [1.54, 1.807) is 24.3 Å². The molecule has 108 valence electrons. The molecule has 0 unspecified atom stereocenters. The number of halogens is 1. The molecule has 0 aliphatic carbocycles. The van der Waals surface area contributed by atoms with Gasteiger partial charge in [0.1, 0.15) is 0 Å². The van der Waals surface area contributed by atoms with Gasteiger partial charge in [0.05, 0.1) is 6.54 Å². The first kappa shape index (κ1) is 15.3. The normalized spacial score (nSPS) is 10.0. The number of para-hydroxylation sites is 1. The van der Waals surface area contributed by atoms with Crippen molar-refractivity contribution >= 4 is 33.4 Å². The van der Waals surface area contributed by atoms with E-state index < -0.39 is 0 Å². The van der Waals surface area contributed by atoms with Gasteiger partial charge in [-0.1, -0.05) is 34.1 Å². The van der Waals surface area contributed by atoms with Crippen molar-refractivity contribution in [3.63, 3.8) is 0 Å². The number of carbonyl (C=O) groups is 2. The molecule has 0 aliphatic heterocycles. The molecule has 2 aromatic carbocycles. The van der Waals surface area contributed by atoms with Crippen molar-refractivity contribution in [1.29, 1.82) is 0 Å². The highest BCUT2D eigenvalue weighted by Gasteiger charge is 2.08. The third kappa shape index (κ3) is 4.43. The van der Waals surface area contributed by atoms with Crippen LogP contribution in [0.3, 0.4) is 0 Å². The highest BCUT2D eigenvalue weighted by Crippen LogP contribution is 2.13. The number of nitrogens with one attached hydrogen (secondary N) is 2. The zero-order valence-corrected chi connectivity index (χ0v) is 13.1. The van der Waals surface area contributed by atoms with Crippen molar-refractivity contribution in [2.75, 3.05) is 11.9 Å². The van der Waals surface area contributed by atoms with Crippen LogP contribution < -0.4 is 10.6 Å². The van der Waals surface area contributed by atoms with Crippen LogP contribution in [0.15, 0.2) is 53.0 Å². The molecule has 5 heteroatoms. The van der Waals surface area contributed by atoms with Gasteiger partial charge in [-0.25, -0.2) is 0 Å². The lowest BCUT2D eigenvalue weighted by atomic mass is 10.2. The van der Waals surface area contributed by atoms with Gasteiger partial charge in [0.25, 0.3) is 5.91 Å². The first-order valence-electron chi connectivity index (χ1n) is 6.45. The van der Waals surface area contributed by atoms with Gasteiger partial charge in [-0.2, -0.15) is 0 Å². The standard InChI is InChI=1S/C16H15BrN2O2/c1-11-4-2-3-5-14(11)19-15(20)10-18-16(21)12-6-8-13(17)9-7-12/h2-9H,10H2,1H3,(H,18,21)(H,19,20). The minimum Gasteiger partial charge on any atom is -0.343 e. The Labute approximate surface area is 131 Å². The van der Waals surface area contributed by atoms with Gasteiger partial charge in [-0.05, 0) is 42.8 Å². The third-order valence-corrected chi connectivity index (χ3v) is 3.46. The van der Waals surface area contributed by atoms with Crippen molar-refractivity contribution in [2.24, 2.45) is 0 Å². The minimum absolute atomic E-state index is 0.0662. The highest BCUT2D eigenvalue weighted by atomic mass is 79.9. The number of hydrogen-bond acceptors (Lipinski definition) is 2. The molecule has 2 aromatic rings. The molecule has 2 amide bonds. The number of carbonyl (C=O) groups excluding carboxylic acids is 2. The lowest BCUT2D eigenvalue weighted by Gasteiger charge is -2.09. The molecular weight excluding hydrogens is 332 g/mol. The van der Waals surface area contributed by atoms with Crippen LogP contribution in [0.2, 0.25) is 0 Å². The summed E-state index contributed by atoms with van der Waals surface area (Å²) in [6.45, 7) is 1.85. The van der Waals surface area contributed by atoms with Crippen LogP contribution in [0.5, 0.6) is 0 Å². The summed E-state index contributed by atoms with van der Waals surface area (Å²) >= 11 is 3.30. The summed E-state index contributed by atoms with van der Waals surface area (Å²) in [6, 6.07) is 14.4. The number of benzene rings is 2. The monoisotopic (exact) mass is 346 g/mol. The molecule has 0 spiro atoms. The smallest absolute Gasteiger partial charge is 0.251 e. The molecule has 0 aromatic heterocycles. The lowest BCUT2D eigenvalue weighted by Crippen LogP contribution is -2.32. The second-order valence-electron chi connectivity index (χ2n) is 4.55. The van der Waals surface area contributed by atoms with Gasteiger partial charge in [-0.15, -0.1) is 0 Å². The Hall–Kier alpha value is -2.14. The fourth-order valence-corrected chi connectivity index (χ4v) is 2.04. The zero-order valence-electron chi connectivity index (χ0n) is 11.5. The summed E-state index contributed by atoms with van der Waals surface area (Å²) in [6.07, 6.45) is 0. The predicted molar refractivity (Wildman–Crippen MR) is 86.3 cm³/mol. The second kappa shape index (κ2) is 7.04. The Morgan fingerprint density at radius 2 is 1.71 bits per heavy atom. The quantitative estimate of drug-likeness (QED) is 0.893. The first-order valence-corrected chi connectivity index (χ1v) is 7.25. The van der Waals surface area contributed by atoms with Crippen LogP contribution in [-0.4, -0.2) is 18.4 Å². The molecule has 0 radical (unpaired) electrons. The number of anilines is 1.